The van der Waals surface area contributed by atoms with Gasteiger partial charge in [-0.2, -0.15) is 0 Å². The number of nitrogens with two attached hydrogens (primary N) is 1. The summed E-state index contributed by atoms with van der Waals surface area (Å²) in [7, 11) is -4.74. The Kier molecular flexibility index (Phi) is 38.1. The van der Waals surface area contributed by atoms with E-state index in [2.05, 4.69) is 91.3 Å². The second-order valence-corrected chi connectivity index (χ2v) is 15.5. The first-order valence-corrected chi connectivity index (χ1v) is 23.1. The van der Waals surface area contributed by atoms with Crippen LogP contribution in [-0.2, 0) is 37.5 Å². The molecule has 1 unspecified atom stereocenters. The second kappa shape index (κ2) is 40.4. The quantitative estimate of drug-likeness (QED) is 0.0233. The van der Waals surface area contributed by atoms with Crippen molar-refractivity contribution >= 4 is 25.7 Å². The Bertz CT molecular complexity index is 1300. The molecule has 0 aromatic rings. The van der Waals surface area contributed by atoms with Crippen molar-refractivity contribution in [2.24, 2.45) is 5.73 Å². The fraction of sp³-hybridized carbons (Fsp3) is 0.630. The zero-order chi connectivity index (χ0) is 42.8. The van der Waals surface area contributed by atoms with Gasteiger partial charge in [-0.1, -0.05) is 150 Å². The SMILES string of the molecule is CC/C=C\C/C=C\C/C=C\C/C=C\C/C=C\C/C=C\CCC(=O)OC[C@H](COP(=O)(O)OC[C@H](N)C(=O)O)OC(=O)CCCCCCCCC/C=C\CCCCCC. The first-order valence-electron chi connectivity index (χ1n) is 21.6. The number of unbranched alkanes of at least 4 members (excludes halogenated alkanes) is 11. The van der Waals surface area contributed by atoms with Crippen LogP contribution in [0.15, 0.2) is 85.1 Å². The van der Waals surface area contributed by atoms with Gasteiger partial charge in [-0.3, -0.25) is 23.4 Å². The minimum Gasteiger partial charge on any atom is -0.480 e. The third kappa shape index (κ3) is 39.5. The molecule has 0 saturated heterocycles. The number of ether oxygens (including phenoxy) is 2. The number of phosphoric acid groups is 1. The Morgan fingerprint density at radius 3 is 1.52 bits per heavy atom. The van der Waals surface area contributed by atoms with E-state index in [-0.39, 0.29) is 12.8 Å². The molecule has 4 N–H and O–H groups in total. The summed E-state index contributed by atoms with van der Waals surface area (Å²) < 4.78 is 32.6. The van der Waals surface area contributed by atoms with E-state index in [0.29, 0.717) is 12.8 Å². The molecule has 0 saturated carbocycles. The number of allylic oxidation sites excluding steroid dienone is 14. The molecule has 0 bridgehead atoms. The van der Waals surface area contributed by atoms with Crippen LogP contribution in [0.5, 0.6) is 0 Å². The average molecular weight is 834 g/mol. The molecule has 0 radical (unpaired) electrons. The molecule has 0 amide bonds. The van der Waals surface area contributed by atoms with E-state index in [1.165, 1.54) is 44.9 Å². The summed E-state index contributed by atoms with van der Waals surface area (Å²) in [6.45, 7) is 2.58. The fourth-order valence-corrected chi connectivity index (χ4v) is 6.04. The number of hydrogen-bond donors (Lipinski definition) is 3. The van der Waals surface area contributed by atoms with Crippen LogP contribution in [0.1, 0.15) is 155 Å². The van der Waals surface area contributed by atoms with E-state index in [9.17, 15) is 23.8 Å². The number of carboxylic acids is 1. The molecule has 0 aliphatic carbocycles. The Balaban J connectivity index is 4.51. The van der Waals surface area contributed by atoms with Crippen LogP contribution in [-0.4, -0.2) is 59.9 Å². The molecule has 12 heteroatoms. The van der Waals surface area contributed by atoms with Gasteiger partial charge in [0.1, 0.15) is 12.6 Å². The Labute approximate surface area is 350 Å². The molecule has 58 heavy (non-hydrogen) atoms. The van der Waals surface area contributed by atoms with E-state index in [0.717, 1.165) is 70.6 Å². The zero-order valence-corrected chi connectivity index (χ0v) is 36.5. The van der Waals surface area contributed by atoms with Gasteiger partial charge in [0.25, 0.3) is 0 Å². The summed E-state index contributed by atoms with van der Waals surface area (Å²) in [5.41, 5.74) is 5.33. The molecule has 0 aliphatic rings. The molecule has 0 rings (SSSR count). The van der Waals surface area contributed by atoms with Crippen LogP contribution in [0.3, 0.4) is 0 Å². The molecule has 0 aromatic carbocycles. The van der Waals surface area contributed by atoms with Crippen LogP contribution in [0.2, 0.25) is 0 Å². The smallest absolute Gasteiger partial charge is 0.472 e. The van der Waals surface area contributed by atoms with E-state index in [1.54, 1.807) is 0 Å². The number of carbonyl (C=O) groups excluding carboxylic acids is 2. The van der Waals surface area contributed by atoms with Gasteiger partial charge in [0, 0.05) is 12.8 Å². The predicted molar refractivity (Wildman–Crippen MR) is 235 cm³/mol. The topological polar surface area (TPSA) is 172 Å². The molecular formula is C46H76NO10P. The maximum absolute atomic E-state index is 12.6. The van der Waals surface area contributed by atoms with Crippen LogP contribution in [0.4, 0.5) is 0 Å². The van der Waals surface area contributed by atoms with E-state index < -0.39 is 57.7 Å². The summed E-state index contributed by atoms with van der Waals surface area (Å²) >= 11 is 0. The highest BCUT2D eigenvalue weighted by atomic mass is 31.2. The lowest BCUT2D eigenvalue weighted by Gasteiger charge is -2.20. The molecule has 0 aliphatic heterocycles. The van der Waals surface area contributed by atoms with Crippen LogP contribution < -0.4 is 5.73 Å². The van der Waals surface area contributed by atoms with Crippen molar-refractivity contribution in [3.63, 3.8) is 0 Å². The molecule has 11 nitrogen and oxygen atoms in total. The maximum atomic E-state index is 12.6. The minimum absolute atomic E-state index is 0.0915. The maximum Gasteiger partial charge on any atom is 0.472 e. The first-order chi connectivity index (χ1) is 28.1. The third-order valence-electron chi connectivity index (χ3n) is 8.64. The van der Waals surface area contributed by atoms with Crippen molar-refractivity contribution in [2.45, 2.75) is 167 Å². The molecule has 0 heterocycles. The van der Waals surface area contributed by atoms with Gasteiger partial charge < -0.3 is 25.2 Å². The van der Waals surface area contributed by atoms with E-state index in [4.69, 9.17) is 24.8 Å². The lowest BCUT2D eigenvalue weighted by Crippen LogP contribution is -2.34. The summed E-state index contributed by atoms with van der Waals surface area (Å²) in [5.74, 6) is -2.50. The Morgan fingerprint density at radius 1 is 0.552 bits per heavy atom. The highest BCUT2D eigenvalue weighted by molar-refractivity contribution is 7.47. The molecule has 0 spiro atoms. The van der Waals surface area contributed by atoms with Crippen molar-refractivity contribution in [2.75, 3.05) is 19.8 Å². The molecule has 0 fully saturated rings. The lowest BCUT2D eigenvalue weighted by atomic mass is 10.1. The fourth-order valence-electron chi connectivity index (χ4n) is 5.26. The van der Waals surface area contributed by atoms with Crippen molar-refractivity contribution < 1.29 is 47.5 Å². The van der Waals surface area contributed by atoms with Gasteiger partial charge in [-0.25, -0.2) is 4.57 Å². The van der Waals surface area contributed by atoms with Crippen molar-refractivity contribution in [1.29, 1.82) is 0 Å². The number of phosphoric ester groups is 1. The zero-order valence-electron chi connectivity index (χ0n) is 35.6. The molecule has 0 aromatic heterocycles. The number of hydrogen-bond acceptors (Lipinski definition) is 9. The molecule has 330 valence electrons. The predicted octanol–water partition coefficient (Wildman–Crippen LogP) is 11.5. The Hall–Kier alpha value is -3.34. The Morgan fingerprint density at radius 2 is 1.00 bits per heavy atom. The summed E-state index contributed by atoms with van der Waals surface area (Å²) in [4.78, 5) is 45.9. The van der Waals surface area contributed by atoms with Gasteiger partial charge in [0.05, 0.1) is 13.2 Å². The van der Waals surface area contributed by atoms with Crippen LogP contribution in [0, 0.1) is 0 Å². The number of esters is 2. The van der Waals surface area contributed by atoms with Gasteiger partial charge in [-0.15, -0.1) is 0 Å². The van der Waals surface area contributed by atoms with Crippen molar-refractivity contribution in [1.82, 2.24) is 0 Å². The summed E-state index contributed by atoms with van der Waals surface area (Å²) in [5, 5.41) is 8.89. The lowest BCUT2D eigenvalue weighted by molar-refractivity contribution is -0.161. The van der Waals surface area contributed by atoms with E-state index >= 15 is 0 Å². The summed E-state index contributed by atoms with van der Waals surface area (Å²) in [6.07, 6.45) is 49.4. The van der Waals surface area contributed by atoms with Crippen LogP contribution in [0.25, 0.3) is 0 Å². The van der Waals surface area contributed by atoms with Gasteiger partial charge in [-0.05, 0) is 77.0 Å². The largest absolute Gasteiger partial charge is 0.480 e. The van der Waals surface area contributed by atoms with Gasteiger partial charge in [0.2, 0.25) is 0 Å². The third-order valence-corrected chi connectivity index (χ3v) is 9.59. The summed E-state index contributed by atoms with van der Waals surface area (Å²) in [6, 6.07) is -1.54. The highest BCUT2D eigenvalue weighted by Crippen LogP contribution is 2.43. The number of rotatable bonds is 39. The van der Waals surface area contributed by atoms with Crippen molar-refractivity contribution in [3.8, 4) is 0 Å². The second-order valence-electron chi connectivity index (χ2n) is 14.1. The van der Waals surface area contributed by atoms with Crippen LogP contribution >= 0.6 is 7.82 Å². The first kappa shape index (κ1) is 54.7. The monoisotopic (exact) mass is 834 g/mol. The minimum atomic E-state index is -4.74. The highest BCUT2D eigenvalue weighted by Gasteiger charge is 2.28. The average Bonchev–Trinajstić information content (AvgIpc) is 3.20. The van der Waals surface area contributed by atoms with Gasteiger partial charge >= 0.3 is 25.7 Å². The number of carbonyl (C=O) groups is 3. The molecule has 3 atom stereocenters. The van der Waals surface area contributed by atoms with E-state index in [1.807, 2.05) is 12.2 Å². The molecular weight excluding hydrogens is 757 g/mol. The van der Waals surface area contributed by atoms with Crippen molar-refractivity contribution in [3.05, 3.63) is 85.1 Å². The standard InChI is InChI=1S/C46H76NO10P/c1-3-5-7-9-11-13-15-17-19-20-21-22-24-25-27-29-31-33-35-37-44(48)54-39-42(40-55-58(52,53)56-41-43(47)46(50)51)57-45(49)38-36-34-32-30-28-26-23-18-16-14-12-10-8-6-4-2/h5,7,11,13-14,16-17,19,21-22,25,27,31,33,42-43H,3-4,6,8-10,12,15,18,20,23-24,26,28-30,32,34-41,47H2,1-2H3,(H,50,51)(H,52,53)/b7-5-,13-11-,16-14-,19-17-,22-21-,27-25-,33-31-/t42-,43+/m1/s1. The number of carboxylic acid groups (broad SMARTS) is 1. The van der Waals surface area contributed by atoms with Gasteiger partial charge in [0.15, 0.2) is 6.10 Å². The normalized spacial score (nSPS) is 14.6. The number of aliphatic carboxylic acids is 1.